The second-order valence-electron chi connectivity index (χ2n) is 6.78. The predicted molar refractivity (Wildman–Crippen MR) is 96.1 cm³/mol. The van der Waals surface area contributed by atoms with Crippen molar-refractivity contribution in [2.24, 2.45) is 5.92 Å². The van der Waals surface area contributed by atoms with E-state index in [1.165, 1.54) is 22.6 Å². The molecular weight excluding hydrogens is 375 g/mol. The molecule has 7 nitrogen and oxygen atoms in total. The van der Waals surface area contributed by atoms with Crippen LogP contribution >= 0.6 is 0 Å². The molecule has 0 radical (unpaired) electrons. The molecule has 1 atom stereocenters. The van der Waals surface area contributed by atoms with Crippen LogP contribution in [0, 0.1) is 5.92 Å². The zero-order valence-electron chi connectivity index (χ0n) is 15.0. The van der Waals surface area contributed by atoms with Crippen molar-refractivity contribution < 1.29 is 22.7 Å². The average molecular weight is 393 g/mol. The molecule has 1 amide bonds. The highest BCUT2D eigenvalue weighted by Gasteiger charge is 2.43. The smallest absolute Gasteiger partial charge is 0.393 e. The number of hydrogen-bond acceptors (Lipinski definition) is 5. The number of piperidine rings is 1. The van der Waals surface area contributed by atoms with Crippen LogP contribution in [0.15, 0.2) is 24.4 Å². The molecule has 1 saturated heterocycles. The number of benzene rings is 1. The molecule has 4 rings (SSSR count). The van der Waals surface area contributed by atoms with E-state index in [0.29, 0.717) is 28.7 Å². The van der Waals surface area contributed by atoms with Gasteiger partial charge in [-0.1, -0.05) is 6.07 Å². The number of carbonyl (C=O) groups is 1. The molecule has 0 bridgehead atoms. The largest absolute Gasteiger partial charge is 0.494 e. The van der Waals surface area contributed by atoms with E-state index in [9.17, 15) is 18.0 Å². The molecule has 2 aromatic heterocycles. The van der Waals surface area contributed by atoms with Gasteiger partial charge in [0.15, 0.2) is 0 Å². The van der Waals surface area contributed by atoms with Gasteiger partial charge < -0.3 is 15.4 Å². The third-order valence-corrected chi connectivity index (χ3v) is 5.03. The first-order valence-electron chi connectivity index (χ1n) is 8.77. The molecule has 28 heavy (non-hydrogen) atoms. The number of amides is 1. The number of alkyl halides is 3. The minimum Gasteiger partial charge on any atom is -0.494 e. The van der Waals surface area contributed by atoms with Crippen LogP contribution < -0.4 is 10.5 Å². The number of halogens is 3. The van der Waals surface area contributed by atoms with Crippen LogP contribution in [0.1, 0.15) is 23.3 Å². The fourth-order valence-corrected chi connectivity index (χ4v) is 3.59. The molecule has 148 valence electrons. The average Bonchev–Trinajstić information content (AvgIpc) is 3.13. The molecule has 0 aliphatic carbocycles. The molecule has 10 heteroatoms. The molecule has 2 N–H and O–H groups in total. The van der Waals surface area contributed by atoms with Crippen LogP contribution in [0.2, 0.25) is 0 Å². The summed E-state index contributed by atoms with van der Waals surface area (Å²) in [6.07, 6.45) is -2.58. The van der Waals surface area contributed by atoms with Crippen molar-refractivity contribution in [3.63, 3.8) is 0 Å². The van der Waals surface area contributed by atoms with Crippen LogP contribution in [0.5, 0.6) is 5.75 Å². The molecule has 3 heterocycles. The third-order valence-electron chi connectivity index (χ3n) is 5.03. The van der Waals surface area contributed by atoms with Crippen molar-refractivity contribution in [1.82, 2.24) is 19.3 Å². The van der Waals surface area contributed by atoms with Gasteiger partial charge in [-0.05, 0) is 25.0 Å². The summed E-state index contributed by atoms with van der Waals surface area (Å²) in [6, 6.07) is 5.25. The van der Waals surface area contributed by atoms with E-state index in [1.54, 1.807) is 18.2 Å². The summed E-state index contributed by atoms with van der Waals surface area (Å²) in [4.78, 5) is 22.7. The van der Waals surface area contributed by atoms with E-state index < -0.39 is 18.0 Å². The van der Waals surface area contributed by atoms with Gasteiger partial charge in [-0.3, -0.25) is 9.20 Å². The maximum atomic E-state index is 13.1. The number of nitrogen functional groups attached to an aromatic ring is 1. The van der Waals surface area contributed by atoms with Crippen molar-refractivity contribution in [2.75, 3.05) is 25.9 Å². The number of aromatic nitrogens is 3. The number of carbonyl (C=O) groups excluding carboxylic acids is 1. The number of anilines is 1. The number of fused-ring (bicyclic) bond motifs is 3. The minimum atomic E-state index is -4.32. The fourth-order valence-electron chi connectivity index (χ4n) is 3.59. The summed E-state index contributed by atoms with van der Waals surface area (Å²) >= 11 is 0. The number of ether oxygens (including phenoxy) is 1. The Hall–Kier alpha value is -3.04. The van der Waals surface area contributed by atoms with Crippen LogP contribution in [0.3, 0.4) is 0 Å². The summed E-state index contributed by atoms with van der Waals surface area (Å²) < 4.78 is 45.9. The number of para-hydroxylation sites is 1. The second kappa shape index (κ2) is 6.54. The molecule has 3 aromatic rings. The van der Waals surface area contributed by atoms with Crippen molar-refractivity contribution in [3.8, 4) is 5.75 Å². The standard InChI is InChI=1S/C18H18F3N5O2/c1-28-13-6-2-5-11-14(13)24-17(22)26-9-12(23-15(11)26)16(27)25-7-3-4-10(8-25)18(19,20)21/h2,5-6,9-10H,3-4,7-8H2,1H3,(H2,22,24). The lowest BCUT2D eigenvalue weighted by molar-refractivity contribution is -0.184. The van der Waals surface area contributed by atoms with Crippen molar-refractivity contribution >= 4 is 28.4 Å². The first-order valence-corrected chi connectivity index (χ1v) is 8.77. The summed E-state index contributed by atoms with van der Waals surface area (Å²) in [6.45, 7) is -0.0971. The van der Waals surface area contributed by atoms with Crippen molar-refractivity contribution in [2.45, 2.75) is 19.0 Å². The number of likely N-dealkylation sites (tertiary alicyclic amines) is 1. The number of rotatable bonds is 2. The number of imidazole rings is 1. The van der Waals surface area contributed by atoms with Crippen LogP contribution in [0.25, 0.3) is 16.6 Å². The summed E-state index contributed by atoms with van der Waals surface area (Å²) in [5.74, 6) is -1.45. The van der Waals surface area contributed by atoms with Gasteiger partial charge in [0, 0.05) is 24.7 Å². The van der Waals surface area contributed by atoms with Crippen molar-refractivity contribution in [3.05, 3.63) is 30.1 Å². The van der Waals surface area contributed by atoms with Gasteiger partial charge in [-0.15, -0.1) is 0 Å². The second-order valence-corrected chi connectivity index (χ2v) is 6.78. The van der Waals surface area contributed by atoms with E-state index in [1.807, 2.05) is 0 Å². The highest BCUT2D eigenvalue weighted by molar-refractivity contribution is 5.99. The van der Waals surface area contributed by atoms with E-state index in [4.69, 9.17) is 10.5 Å². The molecule has 1 aliphatic heterocycles. The molecule has 1 unspecified atom stereocenters. The highest BCUT2D eigenvalue weighted by atomic mass is 19.4. The Labute approximate surface area is 157 Å². The van der Waals surface area contributed by atoms with Crippen LogP contribution in [-0.2, 0) is 0 Å². The highest BCUT2D eigenvalue weighted by Crippen LogP contribution is 2.34. The van der Waals surface area contributed by atoms with Crippen molar-refractivity contribution in [1.29, 1.82) is 0 Å². The zero-order valence-corrected chi connectivity index (χ0v) is 15.0. The van der Waals surface area contributed by atoms with E-state index in [0.717, 1.165) is 0 Å². The maximum Gasteiger partial charge on any atom is 0.393 e. The Kier molecular flexibility index (Phi) is 4.28. The minimum absolute atomic E-state index is 0.0275. The molecule has 0 saturated carbocycles. The number of nitrogens with two attached hydrogens (primary N) is 1. The Bertz CT molecular complexity index is 1060. The lowest BCUT2D eigenvalue weighted by atomic mass is 9.97. The first-order chi connectivity index (χ1) is 13.3. The SMILES string of the molecule is COc1cccc2c1nc(N)n1cc(C(=O)N3CCCC(C(F)(F)F)C3)nc21. The van der Waals surface area contributed by atoms with Gasteiger partial charge in [-0.25, -0.2) is 9.97 Å². The van der Waals surface area contributed by atoms with E-state index >= 15 is 0 Å². The zero-order chi connectivity index (χ0) is 20.1. The van der Waals surface area contributed by atoms with E-state index in [-0.39, 0.29) is 31.2 Å². The summed E-state index contributed by atoms with van der Waals surface area (Å²) in [7, 11) is 1.50. The number of methoxy groups -OCH3 is 1. The lowest BCUT2D eigenvalue weighted by Crippen LogP contribution is -2.44. The van der Waals surface area contributed by atoms with Crippen LogP contribution in [-0.4, -0.2) is 51.6 Å². The Morgan fingerprint density at radius 3 is 2.82 bits per heavy atom. The number of hydrogen-bond donors (Lipinski definition) is 1. The van der Waals surface area contributed by atoms with Crippen LogP contribution in [0.4, 0.5) is 19.1 Å². The normalized spacial score (nSPS) is 18.0. The molecule has 1 aliphatic rings. The maximum absolute atomic E-state index is 13.1. The monoisotopic (exact) mass is 393 g/mol. The summed E-state index contributed by atoms with van der Waals surface area (Å²) in [5, 5.41) is 0.624. The van der Waals surface area contributed by atoms with E-state index in [2.05, 4.69) is 9.97 Å². The van der Waals surface area contributed by atoms with Gasteiger partial charge in [0.1, 0.15) is 22.6 Å². The van der Waals surface area contributed by atoms with Gasteiger partial charge >= 0.3 is 6.18 Å². The topological polar surface area (TPSA) is 85.8 Å². The Balaban J connectivity index is 1.74. The molecule has 1 fully saturated rings. The predicted octanol–water partition coefficient (Wildman–Crippen LogP) is 2.89. The molecule has 1 aromatic carbocycles. The lowest BCUT2D eigenvalue weighted by Gasteiger charge is -2.33. The molecular formula is C18H18F3N5O2. The summed E-state index contributed by atoms with van der Waals surface area (Å²) in [5.41, 5.74) is 6.93. The third kappa shape index (κ3) is 2.98. The van der Waals surface area contributed by atoms with Gasteiger partial charge in [0.25, 0.3) is 5.91 Å². The van der Waals surface area contributed by atoms with Gasteiger partial charge in [0.05, 0.1) is 13.0 Å². The first kappa shape index (κ1) is 18.3. The Morgan fingerprint density at radius 1 is 1.32 bits per heavy atom. The van der Waals surface area contributed by atoms with Gasteiger partial charge in [-0.2, -0.15) is 13.2 Å². The number of nitrogens with zero attached hydrogens (tertiary/aromatic N) is 4. The fraction of sp³-hybridized carbons (Fsp3) is 0.389. The molecule has 0 spiro atoms. The van der Waals surface area contributed by atoms with Gasteiger partial charge in [0.2, 0.25) is 5.95 Å². The quantitative estimate of drug-likeness (QED) is 0.724. The Morgan fingerprint density at radius 2 is 2.11 bits per heavy atom.